The van der Waals surface area contributed by atoms with Crippen LogP contribution in [-0.4, -0.2) is 0 Å². The van der Waals surface area contributed by atoms with E-state index in [0.717, 1.165) is 15.2 Å². The minimum absolute atomic E-state index is 0.547. The number of hydrogen-bond donors (Lipinski definition) is 0. The predicted octanol–water partition coefficient (Wildman–Crippen LogP) is 4.00. The van der Waals surface area contributed by atoms with Crippen LogP contribution in [0.4, 0.5) is 0 Å². The molecule has 0 fully saturated rings. The SMILES string of the molecule is CC(C)(C)[CH2][Cr][CH2]C(C)(C)C. The van der Waals surface area contributed by atoms with Gasteiger partial charge in [-0.2, -0.15) is 0 Å². The molecule has 0 aromatic heterocycles. The van der Waals surface area contributed by atoms with E-state index in [4.69, 9.17) is 0 Å². The van der Waals surface area contributed by atoms with Crippen LogP contribution in [0, 0.1) is 10.8 Å². The zero-order chi connectivity index (χ0) is 9.12. The van der Waals surface area contributed by atoms with E-state index in [0.29, 0.717) is 10.8 Å². The summed E-state index contributed by atoms with van der Waals surface area (Å²) in [6.07, 6.45) is 0. The maximum atomic E-state index is 2.33. The summed E-state index contributed by atoms with van der Waals surface area (Å²) in [6, 6.07) is 0. The number of rotatable bonds is 2. The van der Waals surface area contributed by atoms with Crippen LogP contribution >= 0.6 is 0 Å². The Balaban J connectivity index is 3.44. The van der Waals surface area contributed by atoms with E-state index in [9.17, 15) is 0 Å². The summed E-state index contributed by atoms with van der Waals surface area (Å²) in [5, 5.41) is 2.83. The van der Waals surface area contributed by atoms with E-state index in [2.05, 4.69) is 41.5 Å². The van der Waals surface area contributed by atoms with Crippen molar-refractivity contribution in [2.75, 3.05) is 0 Å². The van der Waals surface area contributed by atoms with Gasteiger partial charge in [0.25, 0.3) is 0 Å². The fraction of sp³-hybridized carbons (Fsp3) is 1.00. The molecule has 0 amide bonds. The molecule has 1 heteroatoms. The zero-order valence-electron chi connectivity index (χ0n) is 8.82. The molecule has 0 aliphatic rings. The van der Waals surface area contributed by atoms with Gasteiger partial charge in [-0.25, -0.2) is 0 Å². The Kier molecular flexibility index (Phi) is 4.16. The van der Waals surface area contributed by atoms with Gasteiger partial charge in [-0.1, -0.05) is 0 Å². The van der Waals surface area contributed by atoms with Gasteiger partial charge in [0.15, 0.2) is 0 Å². The molecule has 0 aliphatic carbocycles. The monoisotopic (exact) mass is 194 g/mol. The molecule has 0 heterocycles. The van der Waals surface area contributed by atoms with Crippen molar-refractivity contribution in [2.45, 2.75) is 52.1 Å². The van der Waals surface area contributed by atoms with Gasteiger partial charge in [-0.05, 0) is 0 Å². The molecule has 0 aliphatic heterocycles. The zero-order valence-corrected chi connectivity index (χ0v) is 10.1. The Morgan fingerprint density at radius 2 is 1.00 bits per heavy atom. The van der Waals surface area contributed by atoms with Crippen LogP contribution in [0.5, 0.6) is 0 Å². The van der Waals surface area contributed by atoms with Crippen molar-refractivity contribution in [3.05, 3.63) is 0 Å². The van der Waals surface area contributed by atoms with Crippen LogP contribution < -0.4 is 0 Å². The van der Waals surface area contributed by atoms with Crippen molar-refractivity contribution in [3.63, 3.8) is 0 Å². The molecule has 68 valence electrons. The molecule has 0 rings (SSSR count). The first-order chi connectivity index (χ1) is 4.71. The van der Waals surface area contributed by atoms with Crippen LogP contribution in [0.25, 0.3) is 0 Å². The molecule has 0 unspecified atom stereocenters. The summed E-state index contributed by atoms with van der Waals surface area (Å²) in [5.41, 5.74) is 1.09. The maximum absolute atomic E-state index is 2.33. The Morgan fingerprint density at radius 1 is 0.727 bits per heavy atom. The molecule has 0 aromatic rings. The van der Waals surface area contributed by atoms with Crippen LogP contribution in [0.1, 0.15) is 41.5 Å². The fourth-order valence-corrected chi connectivity index (χ4v) is 2.74. The Bertz CT molecular complexity index is 89.0. The Morgan fingerprint density at radius 3 is 1.18 bits per heavy atom. The Labute approximate surface area is 78.5 Å². The first-order valence-corrected chi connectivity index (χ1v) is 6.09. The van der Waals surface area contributed by atoms with Crippen LogP contribution in [-0.2, 0) is 15.2 Å². The van der Waals surface area contributed by atoms with Gasteiger partial charge in [0, 0.05) is 0 Å². The fourth-order valence-electron chi connectivity index (χ4n) is 0.663. The van der Waals surface area contributed by atoms with Gasteiger partial charge in [0.05, 0.1) is 0 Å². The molecule has 11 heavy (non-hydrogen) atoms. The van der Waals surface area contributed by atoms with Crippen molar-refractivity contribution in [2.24, 2.45) is 10.8 Å². The van der Waals surface area contributed by atoms with Crippen molar-refractivity contribution >= 4 is 0 Å². The van der Waals surface area contributed by atoms with Gasteiger partial charge in [-0.15, -0.1) is 0 Å². The molecular formula is C10H22Cr. The molecule has 0 spiro atoms. The summed E-state index contributed by atoms with van der Waals surface area (Å²) >= 11 is 0.844. The van der Waals surface area contributed by atoms with E-state index in [1.165, 1.54) is 10.6 Å². The van der Waals surface area contributed by atoms with Gasteiger partial charge >= 0.3 is 78.2 Å². The van der Waals surface area contributed by atoms with Gasteiger partial charge < -0.3 is 0 Å². The molecule has 0 radical (unpaired) electrons. The van der Waals surface area contributed by atoms with E-state index in [-0.39, 0.29) is 0 Å². The van der Waals surface area contributed by atoms with E-state index < -0.39 is 0 Å². The third-order valence-electron chi connectivity index (χ3n) is 1.07. The standard InChI is InChI=1S/2C5H11.Cr/c2*1-5(2,3)4;/h2*1H2,2-4H3;. The summed E-state index contributed by atoms with van der Waals surface area (Å²) in [4.78, 5) is 0. The minimum atomic E-state index is 0.547. The third-order valence-corrected chi connectivity index (χ3v) is 4.41. The van der Waals surface area contributed by atoms with Gasteiger partial charge in [0.1, 0.15) is 0 Å². The second-order valence-corrected chi connectivity index (χ2v) is 7.15. The summed E-state index contributed by atoms with van der Waals surface area (Å²) in [6.45, 7) is 14.0. The molecule has 0 N–H and O–H groups in total. The van der Waals surface area contributed by atoms with Crippen molar-refractivity contribution in [1.82, 2.24) is 0 Å². The van der Waals surface area contributed by atoms with Crippen LogP contribution in [0.3, 0.4) is 0 Å². The molecular weight excluding hydrogens is 172 g/mol. The second kappa shape index (κ2) is 3.97. The van der Waals surface area contributed by atoms with Crippen molar-refractivity contribution in [3.8, 4) is 0 Å². The van der Waals surface area contributed by atoms with Gasteiger partial charge in [-0.3, -0.25) is 0 Å². The van der Waals surface area contributed by atoms with E-state index >= 15 is 0 Å². The van der Waals surface area contributed by atoms with E-state index in [1.54, 1.807) is 0 Å². The van der Waals surface area contributed by atoms with Crippen molar-refractivity contribution in [1.29, 1.82) is 0 Å². The number of hydrogen-bond acceptors (Lipinski definition) is 0. The first kappa shape index (κ1) is 11.5. The third kappa shape index (κ3) is 10.5. The molecule has 0 aromatic carbocycles. The topological polar surface area (TPSA) is 0 Å². The molecule has 0 bridgehead atoms. The summed E-state index contributed by atoms with van der Waals surface area (Å²) in [7, 11) is 0. The predicted molar refractivity (Wildman–Crippen MR) is 48.5 cm³/mol. The van der Waals surface area contributed by atoms with E-state index in [1.807, 2.05) is 0 Å². The molecule has 0 atom stereocenters. The van der Waals surface area contributed by atoms with Crippen molar-refractivity contribution < 1.29 is 15.2 Å². The molecule has 0 saturated heterocycles. The quantitative estimate of drug-likeness (QED) is 0.623. The average Bonchev–Trinajstić information content (AvgIpc) is 1.55. The summed E-state index contributed by atoms with van der Waals surface area (Å²) in [5.74, 6) is 0. The van der Waals surface area contributed by atoms with Crippen LogP contribution in [0.15, 0.2) is 0 Å². The normalized spacial score (nSPS) is 13.6. The Hall–Kier alpha value is 0.532. The summed E-state index contributed by atoms with van der Waals surface area (Å²) < 4.78 is 0. The second-order valence-electron chi connectivity index (χ2n) is 5.61. The first-order valence-electron chi connectivity index (χ1n) is 4.28. The molecule has 0 nitrogen and oxygen atoms in total. The average molecular weight is 194 g/mol. The molecule has 0 saturated carbocycles. The van der Waals surface area contributed by atoms with Gasteiger partial charge in [0.2, 0.25) is 0 Å². The van der Waals surface area contributed by atoms with Crippen LogP contribution in [0.2, 0.25) is 10.6 Å².